The average molecular weight is 476 g/mol. The lowest BCUT2D eigenvalue weighted by Gasteiger charge is -2.24. The summed E-state index contributed by atoms with van der Waals surface area (Å²) in [6.45, 7) is 3.39. The summed E-state index contributed by atoms with van der Waals surface area (Å²) in [5.41, 5.74) is 7.07. The molecule has 0 aliphatic carbocycles. The Balaban J connectivity index is 1.39. The highest BCUT2D eigenvalue weighted by atomic mass is 35.5. The van der Waals surface area contributed by atoms with Gasteiger partial charge in [0.05, 0.1) is 13.2 Å². The van der Waals surface area contributed by atoms with Gasteiger partial charge in [0, 0.05) is 24.7 Å². The van der Waals surface area contributed by atoms with Gasteiger partial charge in [-0.25, -0.2) is 20.1 Å². The summed E-state index contributed by atoms with van der Waals surface area (Å²) in [7, 11) is 0. The fourth-order valence-corrected chi connectivity index (χ4v) is 5.18. The van der Waals surface area contributed by atoms with Crippen molar-refractivity contribution in [1.29, 1.82) is 0 Å². The van der Waals surface area contributed by atoms with E-state index in [2.05, 4.69) is 9.97 Å². The van der Waals surface area contributed by atoms with Crippen LogP contribution in [0.3, 0.4) is 0 Å². The minimum Gasteiger partial charge on any atom is -0.475 e. The minimum atomic E-state index is -0.387. The van der Waals surface area contributed by atoms with Gasteiger partial charge in [0.2, 0.25) is 12.0 Å². The van der Waals surface area contributed by atoms with Crippen LogP contribution in [0.4, 0.5) is 17.2 Å². The second-order valence-electron chi connectivity index (χ2n) is 8.16. The molecule has 2 aromatic rings. The van der Waals surface area contributed by atoms with Crippen LogP contribution in [0.2, 0.25) is 5.02 Å². The van der Waals surface area contributed by atoms with Crippen LogP contribution in [0.5, 0.6) is 5.88 Å². The first-order valence-corrected chi connectivity index (χ1v) is 11.1. The summed E-state index contributed by atoms with van der Waals surface area (Å²) >= 11 is 6.60. The summed E-state index contributed by atoms with van der Waals surface area (Å²) in [4.78, 5) is 36.4. The highest BCUT2D eigenvalue weighted by molar-refractivity contribution is 6.33. The van der Waals surface area contributed by atoms with Gasteiger partial charge in [0.1, 0.15) is 35.9 Å². The van der Waals surface area contributed by atoms with E-state index in [1.54, 1.807) is 25.1 Å². The van der Waals surface area contributed by atoms with Crippen LogP contribution in [-0.4, -0.2) is 77.0 Å². The lowest BCUT2D eigenvalue weighted by molar-refractivity contribution is -0.145. The summed E-state index contributed by atoms with van der Waals surface area (Å²) in [5, 5.41) is 11.7. The van der Waals surface area contributed by atoms with E-state index in [0.717, 1.165) is 6.42 Å². The fraction of sp³-hybridized carbons (Fsp3) is 0.429. The van der Waals surface area contributed by atoms with E-state index in [4.69, 9.17) is 26.8 Å². The molecule has 3 aliphatic heterocycles. The van der Waals surface area contributed by atoms with E-state index in [1.807, 2.05) is 4.90 Å². The number of halogens is 1. The Labute approximate surface area is 194 Å². The number of carbonyl (C=O) groups excluding carboxylic acids is 2. The number of ether oxygens (including phenoxy) is 2. The van der Waals surface area contributed by atoms with Gasteiger partial charge < -0.3 is 20.1 Å². The van der Waals surface area contributed by atoms with Gasteiger partial charge in [-0.3, -0.25) is 9.59 Å². The number of rotatable bonds is 5. The first kappa shape index (κ1) is 21.8. The third kappa shape index (κ3) is 3.48. The number of benzene rings is 1. The first-order valence-electron chi connectivity index (χ1n) is 10.7. The lowest BCUT2D eigenvalue weighted by atomic mass is 10.2. The number of quaternary nitrogens is 1. The molecule has 3 atom stereocenters. The zero-order valence-corrected chi connectivity index (χ0v) is 18.7. The Kier molecular flexibility index (Phi) is 5.36. The van der Waals surface area contributed by atoms with Gasteiger partial charge in [-0.1, -0.05) is 11.6 Å². The number of hydrogen-bond acceptors (Lipinski definition) is 9. The number of aromatic nitrogens is 2. The van der Waals surface area contributed by atoms with E-state index in [9.17, 15) is 14.8 Å². The maximum Gasteiger partial charge on any atom is 0.320 e. The van der Waals surface area contributed by atoms with Crippen molar-refractivity contribution in [2.45, 2.75) is 25.6 Å². The van der Waals surface area contributed by atoms with Crippen LogP contribution < -0.4 is 20.0 Å². The molecule has 2 saturated heterocycles. The number of hydrogen-bond donors (Lipinski definition) is 2. The molecule has 33 heavy (non-hydrogen) atoms. The first-order chi connectivity index (χ1) is 15.9. The molecule has 0 bridgehead atoms. The number of amides is 1. The molecule has 2 fully saturated rings. The van der Waals surface area contributed by atoms with Crippen molar-refractivity contribution in [1.82, 2.24) is 19.5 Å². The number of likely N-dealkylation sites (tertiary alicyclic amines) is 1. The molecule has 174 valence electrons. The standard InChI is InChI=1S/C21H23ClN6O5/c1-2-32-16(29)10-26-6-5-15-20(26)28(15,31)14-4-3-12(9-13(14)22)27-7-8-33-19-17(21(27)30)18(23)24-11-25-19/h3-4,9,11,15,20,31H,2,5-8,10H2,1H3,(H-,23,24,25,30)/p+1. The van der Waals surface area contributed by atoms with Crippen molar-refractivity contribution < 1.29 is 24.3 Å². The van der Waals surface area contributed by atoms with E-state index < -0.39 is 0 Å². The molecule has 3 N–H and O–H groups in total. The number of nitrogen functional groups attached to an aromatic ring is 1. The Morgan fingerprint density at radius 3 is 2.97 bits per heavy atom. The topological polar surface area (TPSA) is 131 Å². The highest BCUT2D eigenvalue weighted by Gasteiger charge is 2.75. The molecule has 4 heterocycles. The molecule has 5 rings (SSSR count). The lowest BCUT2D eigenvalue weighted by Crippen LogP contribution is -2.41. The van der Waals surface area contributed by atoms with Crippen LogP contribution >= 0.6 is 11.6 Å². The fourth-order valence-electron chi connectivity index (χ4n) is 4.87. The number of anilines is 2. The highest BCUT2D eigenvalue weighted by Crippen LogP contribution is 2.53. The second kappa shape index (κ2) is 8.10. The molecule has 0 radical (unpaired) electrons. The van der Waals surface area contributed by atoms with Gasteiger partial charge >= 0.3 is 5.97 Å². The third-order valence-electron chi connectivity index (χ3n) is 6.37. The quantitative estimate of drug-likeness (QED) is 0.374. The van der Waals surface area contributed by atoms with Crippen LogP contribution in [0.15, 0.2) is 24.5 Å². The molecule has 3 aliphatic rings. The number of esters is 1. The largest absolute Gasteiger partial charge is 0.475 e. The predicted octanol–water partition coefficient (Wildman–Crippen LogP) is 1.42. The normalized spacial score (nSPS) is 26.3. The molecule has 1 amide bonds. The molecule has 0 saturated carbocycles. The Hall–Kier alpha value is -2.99. The van der Waals surface area contributed by atoms with Crippen LogP contribution in [0.1, 0.15) is 23.7 Å². The number of carbonyl (C=O) groups is 2. The van der Waals surface area contributed by atoms with Crippen molar-refractivity contribution >= 4 is 40.7 Å². The zero-order chi connectivity index (χ0) is 23.3. The third-order valence-corrected chi connectivity index (χ3v) is 6.67. The Morgan fingerprint density at radius 2 is 2.21 bits per heavy atom. The van der Waals surface area contributed by atoms with Gasteiger partial charge in [0.25, 0.3) is 5.91 Å². The van der Waals surface area contributed by atoms with Gasteiger partial charge in [-0.15, -0.1) is 4.65 Å². The van der Waals surface area contributed by atoms with Gasteiger partial charge in [0.15, 0.2) is 11.7 Å². The monoisotopic (exact) mass is 475 g/mol. The molecule has 0 spiro atoms. The molecule has 1 aromatic carbocycles. The van der Waals surface area contributed by atoms with E-state index in [-0.39, 0.29) is 65.7 Å². The summed E-state index contributed by atoms with van der Waals surface area (Å²) in [6.07, 6.45) is 1.73. The average Bonchev–Trinajstić information content (AvgIpc) is 3.20. The molecular formula is C21H24ClN6O5+. The van der Waals surface area contributed by atoms with Crippen molar-refractivity contribution in [3.8, 4) is 5.88 Å². The minimum absolute atomic E-state index is 0.0399. The SMILES string of the molecule is CCOC(=O)CN1CCC2C1[N+]2(O)c1ccc(N2CCOc3ncnc(N)c3C2=O)cc1Cl. The number of hydroxylamine groups is 2. The van der Waals surface area contributed by atoms with E-state index in [1.165, 1.54) is 11.2 Å². The second-order valence-corrected chi connectivity index (χ2v) is 8.57. The number of fused-ring (bicyclic) bond motifs is 2. The molecule has 11 nitrogen and oxygen atoms in total. The van der Waals surface area contributed by atoms with Crippen molar-refractivity contribution in [2.24, 2.45) is 0 Å². The molecule has 3 unspecified atom stereocenters. The van der Waals surface area contributed by atoms with Crippen molar-refractivity contribution in [2.75, 3.05) is 43.5 Å². The smallest absolute Gasteiger partial charge is 0.320 e. The molecule has 12 heteroatoms. The number of nitrogens with two attached hydrogens (primary N) is 1. The van der Waals surface area contributed by atoms with Crippen LogP contribution in [0.25, 0.3) is 0 Å². The van der Waals surface area contributed by atoms with Gasteiger partial charge in [-0.2, -0.15) is 0 Å². The zero-order valence-electron chi connectivity index (χ0n) is 18.0. The summed E-state index contributed by atoms with van der Waals surface area (Å²) in [5.74, 6) is -0.515. The predicted molar refractivity (Wildman–Crippen MR) is 119 cm³/mol. The Bertz CT molecular complexity index is 1130. The maximum atomic E-state index is 13.2. The van der Waals surface area contributed by atoms with Crippen LogP contribution in [-0.2, 0) is 9.53 Å². The van der Waals surface area contributed by atoms with Crippen molar-refractivity contribution in [3.05, 3.63) is 35.1 Å². The molecule has 1 aromatic heterocycles. The van der Waals surface area contributed by atoms with E-state index >= 15 is 0 Å². The molecular weight excluding hydrogens is 452 g/mol. The number of nitrogens with zero attached hydrogens (tertiary/aromatic N) is 5. The summed E-state index contributed by atoms with van der Waals surface area (Å²) in [6, 6.07) is 5.01. The van der Waals surface area contributed by atoms with Crippen molar-refractivity contribution in [3.63, 3.8) is 0 Å². The maximum absolute atomic E-state index is 13.2. The summed E-state index contributed by atoms with van der Waals surface area (Å²) < 4.78 is 10.2. The van der Waals surface area contributed by atoms with E-state index in [0.29, 0.717) is 29.5 Å². The van der Waals surface area contributed by atoms with Crippen LogP contribution in [0, 0.1) is 0 Å². The van der Waals surface area contributed by atoms with Gasteiger partial charge in [-0.05, 0) is 19.1 Å². The Morgan fingerprint density at radius 1 is 1.39 bits per heavy atom.